The molecular formula is C20H28O7. The van der Waals surface area contributed by atoms with Crippen LogP contribution in [0.4, 0.5) is 0 Å². The van der Waals surface area contributed by atoms with E-state index in [1.54, 1.807) is 6.92 Å². The van der Waals surface area contributed by atoms with Crippen molar-refractivity contribution in [1.29, 1.82) is 0 Å². The van der Waals surface area contributed by atoms with Crippen molar-refractivity contribution < 1.29 is 34.8 Å². The van der Waals surface area contributed by atoms with Gasteiger partial charge in [-0.25, -0.2) is 0 Å². The average Bonchev–Trinajstić information content (AvgIpc) is 3.00. The van der Waals surface area contributed by atoms with E-state index in [1.165, 1.54) is 0 Å². The maximum Gasteiger partial charge on any atom is 0.309 e. The summed E-state index contributed by atoms with van der Waals surface area (Å²) in [7, 11) is 0. The summed E-state index contributed by atoms with van der Waals surface area (Å²) in [5, 5.41) is 41.1. The van der Waals surface area contributed by atoms with Gasteiger partial charge in [0.05, 0.1) is 16.9 Å². The van der Waals surface area contributed by atoms with Crippen LogP contribution in [-0.4, -0.2) is 50.9 Å². The molecule has 0 saturated heterocycles. The van der Waals surface area contributed by atoms with Crippen LogP contribution in [0.25, 0.3) is 0 Å². The Kier molecular flexibility index (Phi) is 3.87. The Hall–Kier alpha value is -1.47. The number of aliphatic hydroxyl groups is 2. The third-order valence-corrected chi connectivity index (χ3v) is 8.95. The van der Waals surface area contributed by atoms with E-state index >= 15 is 0 Å². The van der Waals surface area contributed by atoms with Gasteiger partial charge in [0.1, 0.15) is 6.29 Å². The number of aliphatic hydroxyl groups excluding tert-OH is 1. The number of fused-ring (bicyclic) bond motifs is 3. The summed E-state index contributed by atoms with van der Waals surface area (Å²) >= 11 is 0. The summed E-state index contributed by atoms with van der Waals surface area (Å²) in [4.78, 5) is 37.2. The standard InChI is InChI=1S/C20H28O7/c1-17(16(25)26)4-2-5-18(10-22)12-3-6-20(27)9-19(12,7-11(20)8-21)13(14(17)18)15(23)24/h10-14,21,27H,2-9H2,1H3,(H,23,24)(H,25,26)/t11?,12-,13+,14+,17-,18+,19-,20-/m0/s1. The van der Waals surface area contributed by atoms with Crippen molar-refractivity contribution in [3.05, 3.63) is 0 Å². The Labute approximate surface area is 157 Å². The van der Waals surface area contributed by atoms with E-state index in [1.807, 2.05) is 0 Å². The number of carbonyl (C=O) groups excluding carboxylic acids is 1. The van der Waals surface area contributed by atoms with Crippen LogP contribution in [0.1, 0.15) is 51.9 Å². The summed E-state index contributed by atoms with van der Waals surface area (Å²) in [5.41, 5.74) is -4.24. The second-order valence-electron chi connectivity index (χ2n) is 9.79. The van der Waals surface area contributed by atoms with Crippen LogP contribution >= 0.6 is 0 Å². The average molecular weight is 380 g/mol. The van der Waals surface area contributed by atoms with Gasteiger partial charge >= 0.3 is 11.9 Å². The molecule has 1 spiro atoms. The molecule has 0 radical (unpaired) electrons. The number of aliphatic carboxylic acids is 2. The molecule has 8 atom stereocenters. The fraction of sp³-hybridized carbons (Fsp3) is 0.850. The molecule has 7 nitrogen and oxygen atoms in total. The molecule has 0 aromatic carbocycles. The second-order valence-corrected chi connectivity index (χ2v) is 9.79. The van der Waals surface area contributed by atoms with Crippen LogP contribution in [0, 0.1) is 39.9 Å². The van der Waals surface area contributed by atoms with Crippen LogP contribution in [0.15, 0.2) is 0 Å². The number of hydrogen-bond acceptors (Lipinski definition) is 5. The van der Waals surface area contributed by atoms with E-state index in [9.17, 15) is 34.8 Å². The smallest absolute Gasteiger partial charge is 0.309 e. The first-order valence-corrected chi connectivity index (χ1v) is 9.87. The number of carboxylic acids is 2. The first kappa shape index (κ1) is 18.9. The molecule has 150 valence electrons. The lowest BCUT2D eigenvalue weighted by molar-refractivity contribution is -0.167. The fourth-order valence-corrected chi connectivity index (χ4v) is 8.08. The molecular weight excluding hydrogens is 352 g/mol. The zero-order valence-corrected chi connectivity index (χ0v) is 15.6. The second kappa shape index (κ2) is 5.54. The van der Waals surface area contributed by atoms with Crippen LogP contribution < -0.4 is 0 Å². The number of carbonyl (C=O) groups is 3. The van der Waals surface area contributed by atoms with Crippen molar-refractivity contribution in [1.82, 2.24) is 0 Å². The van der Waals surface area contributed by atoms with Crippen molar-refractivity contribution in [3.63, 3.8) is 0 Å². The summed E-state index contributed by atoms with van der Waals surface area (Å²) in [5.74, 6) is -4.61. The van der Waals surface area contributed by atoms with Crippen LogP contribution in [0.5, 0.6) is 0 Å². The van der Waals surface area contributed by atoms with Gasteiger partial charge < -0.3 is 25.2 Å². The molecule has 4 saturated carbocycles. The van der Waals surface area contributed by atoms with Crippen LogP contribution in [0.3, 0.4) is 0 Å². The van der Waals surface area contributed by atoms with Gasteiger partial charge in [0.25, 0.3) is 0 Å². The lowest BCUT2D eigenvalue weighted by Gasteiger charge is -2.49. The molecule has 1 unspecified atom stereocenters. The van der Waals surface area contributed by atoms with Gasteiger partial charge in [0.15, 0.2) is 0 Å². The predicted molar refractivity (Wildman–Crippen MR) is 92.6 cm³/mol. The van der Waals surface area contributed by atoms with E-state index in [0.717, 1.165) is 6.29 Å². The minimum Gasteiger partial charge on any atom is -0.481 e. The molecule has 4 fully saturated rings. The maximum atomic E-state index is 12.5. The van der Waals surface area contributed by atoms with E-state index in [2.05, 4.69) is 0 Å². The molecule has 0 amide bonds. The first-order chi connectivity index (χ1) is 12.6. The van der Waals surface area contributed by atoms with E-state index < -0.39 is 51.5 Å². The van der Waals surface area contributed by atoms with Gasteiger partial charge in [0.2, 0.25) is 0 Å². The lowest BCUT2D eigenvalue weighted by atomic mass is 9.53. The molecule has 0 aromatic heterocycles. The SMILES string of the molecule is C[C@]1(C(=O)O)CCC[C@@]2(C=O)[C@@H]3CC[C@]4(O)C[C@]3(CC4CO)[C@@H](C(=O)O)[C@@H]21. The highest BCUT2D eigenvalue weighted by molar-refractivity contribution is 5.82. The summed E-state index contributed by atoms with van der Waals surface area (Å²) in [6, 6.07) is 0. The molecule has 27 heavy (non-hydrogen) atoms. The Morgan fingerprint density at radius 3 is 2.44 bits per heavy atom. The Balaban J connectivity index is 1.95. The fourth-order valence-electron chi connectivity index (χ4n) is 8.08. The molecule has 2 bridgehead atoms. The highest BCUT2D eigenvalue weighted by Crippen LogP contribution is 2.77. The normalized spacial score (nSPS) is 53.4. The highest BCUT2D eigenvalue weighted by Gasteiger charge is 2.79. The Morgan fingerprint density at radius 1 is 1.19 bits per heavy atom. The number of hydrogen-bond donors (Lipinski definition) is 4. The van der Waals surface area contributed by atoms with Gasteiger partial charge in [-0.1, -0.05) is 6.42 Å². The molecule has 4 aliphatic carbocycles. The molecule has 4 N–H and O–H groups in total. The van der Waals surface area contributed by atoms with Gasteiger partial charge in [-0.15, -0.1) is 0 Å². The summed E-state index contributed by atoms with van der Waals surface area (Å²) < 4.78 is 0. The Bertz CT molecular complexity index is 706. The molecule has 7 heteroatoms. The van der Waals surface area contributed by atoms with Crippen molar-refractivity contribution in [2.75, 3.05) is 6.61 Å². The minimum absolute atomic E-state index is 0.230. The molecule has 4 rings (SSSR count). The lowest BCUT2D eigenvalue weighted by Crippen LogP contribution is -2.52. The highest BCUT2D eigenvalue weighted by atomic mass is 16.4. The summed E-state index contributed by atoms with van der Waals surface area (Å²) in [6.07, 6.45) is 3.77. The molecule has 0 aliphatic heterocycles. The predicted octanol–water partition coefficient (Wildman–Crippen LogP) is 1.31. The molecule has 0 heterocycles. The van der Waals surface area contributed by atoms with Gasteiger partial charge in [-0.2, -0.15) is 0 Å². The third-order valence-electron chi connectivity index (χ3n) is 8.95. The van der Waals surface area contributed by atoms with Crippen molar-refractivity contribution in [2.24, 2.45) is 39.9 Å². The van der Waals surface area contributed by atoms with Crippen molar-refractivity contribution >= 4 is 18.2 Å². The van der Waals surface area contributed by atoms with Gasteiger partial charge in [-0.05, 0) is 56.8 Å². The third kappa shape index (κ3) is 2.02. The quantitative estimate of drug-likeness (QED) is 0.541. The summed E-state index contributed by atoms with van der Waals surface area (Å²) in [6.45, 7) is 1.36. The number of carboxylic acid groups (broad SMARTS) is 2. The van der Waals surface area contributed by atoms with Gasteiger partial charge in [0, 0.05) is 23.9 Å². The van der Waals surface area contributed by atoms with Crippen molar-refractivity contribution in [2.45, 2.75) is 57.5 Å². The van der Waals surface area contributed by atoms with Crippen LogP contribution in [0.2, 0.25) is 0 Å². The monoisotopic (exact) mass is 380 g/mol. The zero-order valence-electron chi connectivity index (χ0n) is 15.6. The maximum absolute atomic E-state index is 12.5. The number of aldehydes is 1. The molecule has 4 aliphatic rings. The Morgan fingerprint density at radius 2 is 1.89 bits per heavy atom. The molecule has 0 aromatic rings. The van der Waals surface area contributed by atoms with E-state index in [4.69, 9.17) is 0 Å². The van der Waals surface area contributed by atoms with E-state index in [-0.39, 0.29) is 18.9 Å². The topological polar surface area (TPSA) is 132 Å². The van der Waals surface area contributed by atoms with Crippen LogP contribution in [-0.2, 0) is 14.4 Å². The minimum atomic E-state index is -1.29. The van der Waals surface area contributed by atoms with E-state index in [0.29, 0.717) is 38.5 Å². The van der Waals surface area contributed by atoms with Crippen molar-refractivity contribution in [3.8, 4) is 0 Å². The zero-order chi connectivity index (χ0) is 19.8. The first-order valence-electron chi connectivity index (χ1n) is 9.87. The van der Waals surface area contributed by atoms with Gasteiger partial charge in [-0.3, -0.25) is 9.59 Å². The largest absolute Gasteiger partial charge is 0.481 e. The number of rotatable bonds is 4.